The van der Waals surface area contributed by atoms with E-state index in [9.17, 15) is 9.65 Å². The van der Waals surface area contributed by atoms with Crippen molar-refractivity contribution in [2.24, 2.45) is 5.92 Å². The SMILES string of the molecule is Cc1cnc(Nc2cc(F)c(Br)c(CO[Si](C)(C)C(C)(C)C)c2)nc1NC1COCCC1C#N. The van der Waals surface area contributed by atoms with Crippen LogP contribution in [0, 0.1) is 30.0 Å². The van der Waals surface area contributed by atoms with E-state index in [0.29, 0.717) is 53.7 Å². The first kappa shape index (κ1) is 26.5. The van der Waals surface area contributed by atoms with Gasteiger partial charge in [-0.25, -0.2) is 9.37 Å². The largest absolute Gasteiger partial charge is 0.413 e. The summed E-state index contributed by atoms with van der Waals surface area (Å²) in [6.45, 7) is 14.1. The molecule has 7 nitrogen and oxygen atoms in total. The number of nitrogens with one attached hydrogen (secondary N) is 2. The van der Waals surface area contributed by atoms with Crippen LogP contribution in [-0.2, 0) is 15.8 Å². The van der Waals surface area contributed by atoms with Crippen LogP contribution in [0.1, 0.15) is 38.3 Å². The second-order valence-corrected chi connectivity index (χ2v) is 15.8. The summed E-state index contributed by atoms with van der Waals surface area (Å²) < 4.78 is 26.9. The number of halogens is 2. The minimum absolute atomic E-state index is 0.0565. The predicted octanol–water partition coefficient (Wildman–Crippen LogP) is 6.29. The lowest BCUT2D eigenvalue weighted by atomic mass is 9.96. The minimum Gasteiger partial charge on any atom is -0.413 e. The minimum atomic E-state index is -1.99. The van der Waals surface area contributed by atoms with Crippen LogP contribution in [-0.4, -0.2) is 37.5 Å². The van der Waals surface area contributed by atoms with E-state index in [-0.39, 0.29) is 22.8 Å². The van der Waals surface area contributed by atoms with Gasteiger partial charge in [-0.1, -0.05) is 20.8 Å². The Labute approximate surface area is 210 Å². The molecule has 1 fully saturated rings. The summed E-state index contributed by atoms with van der Waals surface area (Å²) in [5, 5.41) is 15.9. The summed E-state index contributed by atoms with van der Waals surface area (Å²) in [6, 6.07) is 5.44. The number of nitrogens with zero attached hydrogens (tertiary/aromatic N) is 3. The van der Waals surface area contributed by atoms with Crippen molar-refractivity contribution < 1.29 is 13.6 Å². The quantitative estimate of drug-likeness (QED) is 0.392. The van der Waals surface area contributed by atoms with E-state index in [1.165, 1.54) is 6.07 Å². The van der Waals surface area contributed by atoms with Gasteiger partial charge in [0.1, 0.15) is 11.6 Å². The number of rotatable bonds is 7. The van der Waals surface area contributed by atoms with E-state index in [1.54, 1.807) is 6.20 Å². The maximum absolute atomic E-state index is 14.7. The number of nitriles is 1. The van der Waals surface area contributed by atoms with Crippen LogP contribution in [0.4, 0.5) is 21.8 Å². The van der Waals surface area contributed by atoms with Crippen molar-refractivity contribution in [3.05, 3.63) is 39.7 Å². The Morgan fingerprint density at radius 1 is 1.35 bits per heavy atom. The Kier molecular flexibility index (Phi) is 8.34. The zero-order valence-electron chi connectivity index (χ0n) is 20.6. The molecule has 2 heterocycles. The van der Waals surface area contributed by atoms with Gasteiger partial charge in [0.25, 0.3) is 0 Å². The highest BCUT2D eigenvalue weighted by molar-refractivity contribution is 9.10. The van der Waals surface area contributed by atoms with E-state index in [4.69, 9.17) is 9.16 Å². The van der Waals surface area contributed by atoms with Crippen molar-refractivity contribution in [3.63, 3.8) is 0 Å². The molecule has 0 spiro atoms. The number of hydrogen-bond donors (Lipinski definition) is 2. The van der Waals surface area contributed by atoms with Gasteiger partial charge in [0.05, 0.1) is 35.7 Å². The molecule has 0 radical (unpaired) electrons. The van der Waals surface area contributed by atoms with Crippen LogP contribution in [0.15, 0.2) is 22.8 Å². The molecule has 0 bridgehead atoms. The molecule has 1 saturated heterocycles. The highest BCUT2D eigenvalue weighted by Gasteiger charge is 2.37. The van der Waals surface area contributed by atoms with Crippen LogP contribution < -0.4 is 10.6 Å². The maximum atomic E-state index is 14.7. The summed E-state index contributed by atoms with van der Waals surface area (Å²) >= 11 is 3.36. The second-order valence-electron chi connectivity index (χ2n) is 10.2. The summed E-state index contributed by atoms with van der Waals surface area (Å²) in [4.78, 5) is 8.92. The third-order valence-electron chi connectivity index (χ3n) is 6.57. The van der Waals surface area contributed by atoms with E-state index in [1.807, 2.05) is 13.0 Å². The monoisotopic (exact) mass is 549 g/mol. The Hall–Kier alpha value is -2.06. The van der Waals surface area contributed by atoms with Gasteiger partial charge < -0.3 is 19.8 Å². The molecule has 34 heavy (non-hydrogen) atoms. The van der Waals surface area contributed by atoms with E-state index >= 15 is 0 Å². The van der Waals surface area contributed by atoms with Crippen LogP contribution in [0.2, 0.25) is 18.1 Å². The molecule has 1 aromatic carbocycles. The zero-order valence-corrected chi connectivity index (χ0v) is 23.2. The third-order valence-corrected chi connectivity index (χ3v) is 11.9. The van der Waals surface area contributed by atoms with Crippen molar-refractivity contribution in [2.75, 3.05) is 23.8 Å². The van der Waals surface area contributed by atoms with Crippen LogP contribution in [0.3, 0.4) is 0 Å². The van der Waals surface area contributed by atoms with E-state index in [0.717, 1.165) is 5.56 Å². The summed E-state index contributed by atoms with van der Waals surface area (Å²) in [5.41, 5.74) is 2.09. The molecular formula is C24H33BrFN5O2Si. The first-order valence-electron chi connectivity index (χ1n) is 11.4. The molecule has 1 aliphatic heterocycles. The van der Waals surface area contributed by atoms with Crippen molar-refractivity contribution >= 4 is 41.7 Å². The smallest absolute Gasteiger partial charge is 0.229 e. The molecule has 1 aromatic heterocycles. The van der Waals surface area contributed by atoms with Crippen molar-refractivity contribution in [2.45, 2.75) is 64.9 Å². The molecule has 1 aliphatic rings. The van der Waals surface area contributed by atoms with Gasteiger partial charge in [-0.2, -0.15) is 10.2 Å². The standard InChI is InChI=1S/C24H33BrFN5O2Si/c1-15-12-28-23(31-22(15)30-20-14-32-8-7-16(20)11-27)29-18-9-17(21(25)19(26)10-18)13-33-34(5,6)24(2,3)4/h9-10,12,16,20H,7-8,13-14H2,1-6H3,(H2,28,29,30,31). The number of ether oxygens (including phenoxy) is 1. The highest BCUT2D eigenvalue weighted by Crippen LogP contribution is 2.38. The fourth-order valence-corrected chi connectivity index (χ4v) is 4.58. The fraction of sp³-hybridized carbons (Fsp3) is 0.542. The fourth-order valence-electron chi connectivity index (χ4n) is 3.29. The molecule has 10 heteroatoms. The van der Waals surface area contributed by atoms with Crippen molar-refractivity contribution in [1.82, 2.24) is 9.97 Å². The summed E-state index contributed by atoms with van der Waals surface area (Å²) in [6.07, 6.45) is 2.38. The first-order chi connectivity index (χ1) is 15.9. The van der Waals surface area contributed by atoms with E-state index < -0.39 is 8.32 Å². The maximum Gasteiger partial charge on any atom is 0.229 e. The molecule has 2 aromatic rings. The first-order valence-corrected chi connectivity index (χ1v) is 15.1. The van der Waals surface area contributed by atoms with Gasteiger partial charge in [-0.05, 0) is 65.1 Å². The van der Waals surface area contributed by atoms with Crippen LogP contribution >= 0.6 is 15.9 Å². The Balaban J connectivity index is 1.79. The number of hydrogen-bond acceptors (Lipinski definition) is 7. The van der Waals surface area contributed by atoms with Gasteiger partial charge in [-0.3, -0.25) is 0 Å². The molecule has 0 aliphatic carbocycles. The molecular weight excluding hydrogens is 517 g/mol. The molecule has 2 unspecified atom stereocenters. The van der Waals surface area contributed by atoms with Crippen LogP contribution in [0.5, 0.6) is 0 Å². The van der Waals surface area contributed by atoms with Gasteiger partial charge >= 0.3 is 0 Å². The number of benzene rings is 1. The normalized spacial score (nSPS) is 18.9. The van der Waals surface area contributed by atoms with Gasteiger partial charge in [0.2, 0.25) is 5.95 Å². The molecule has 0 amide bonds. The predicted molar refractivity (Wildman–Crippen MR) is 138 cm³/mol. The Morgan fingerprint density at radius 3 is 2.76 bits per heavy atom. The lowest BCUT2D eigenvalue weighted by Crippen LogP contribution is -2.40. The van der Waals surface area contributed by atoms with Crippen molar-refractivity contribution in [3.8, 4) is 6.07 Å². The van der Waals surface area contributed by atoms with Gasteiger partial charge in [0, 0.05) is 24.1 Å². The summed E-state index contributed by atoms with van der Waals surface area (Å²) in [7, 11) is -1.99. The number of aryl methyl sites for hydroxylation is 1. The molecule has 2 N–H and O–H groups in total. The van der Waals surface area contributed by atoms with Crippen molar-refractivity contribution in [1.29, 1.82) is 5.26 Å². The molecule has 3 rings (SSSR count). The molecule has 2 atom stereocenters. The number of anilines is 3. The van der Waals surface area contributed by atoms with Gasteiger partial charge in [0.15, 0.2) is 8.32 Å². The second kappa shape index (κ2) is 10.7. The third kappa shape index (κ3) is 6.33. The molecule has 0 saturated carbocycles. The average Bonchev–Trinajstić information content (AvgIpc) is 2.77. The summed E-state index contributed by atoms with van der Waals surface area (Å²) in [5.74, 6) is 0.410. The lowest BCUT2D eigenvalue weighted by molar-refractivity contribution is 0.0698. The average molecular weight is 551 g/mol. The number of aromatic nitrogens is 2. The topological polar surface area (TPSA) is 92.1 Å². The highest BCUT2D eigenvalue weighted by atomic mass is 79.9. The Bertz CT molecular complexity index is 1070. The van der Waals surface area contributed by atoms with E-state index in [2.05, 4.69) is 76.5 Å². The lowest BCUT2D eigenvalue weighted by Gasteiger charge is -2.36. The van der Waals surface area contributed by atoms with Gasteiger partial charge in [-0.15, -0.1) is 0 Å². The Morgan fingerprint density at radius 2 is 2.09 bits per heavy atom. The molecule has 184 valence electrons. The zero-order chi connectivity index (χ0) is 25.1. The van der Waals surface area contributed by atoms with Crippen LogP contribution in [0.25, 0.3) is 0 Å².